The lowest BCUT2D eigenvalue weighted by atomic mass is 10.1. The molecular weight excluding hydrogens is 387 g/mol. The minimum Gasteiger partial charge on any atom is -0.268 e. The number of pyridine rings is 1. The third kappa shape index (κ3) is 2.91. The van der Waals surface area contributed by atoms with Gasteiger partial charge in [0.1, 0.15) is 10.6 Å². The van der Waals surface area contributed by atoms with Gasteiger partial charge in [-0.25, -0.2) is 14.5 Å². The first-order valence-electron chi connectivity index (χ1n) is 8.12. The van der Waals surface area contributed by atoms with Crippen LogP contribution in [-0.4, -0.2) is 14.5 Å². The Morgan fingerprint density at radius 2 is 1.92 bits per heavy atom. The van der Waals surface area contributed by atoms with Crippen LogP contribution >= 0.6 is 22.9 Å². The van der Waals surface area contributed by atoms with E-state index in [-0.39, 0.29) is 21.1 Å². The fraction of sp³-hybridized carbons (Fsp3) is 0.353. The zero-order valence-electron chi connectivity index (χ0n) is 13.4. The van der Waals surface area contributed by atoms with Gasteiger partial charge in [-0.15, -0.1) is 11.3 Å². The Kier molecular flexibility index (Phi) is 4.27. The molecule has 0 saturated heterocycles. The summed E-state index contributed by atoms with van der Waals surface area (Å²) in [5, 5.41) is 0.561. The van der Waals surface area contributed by atoms with Crippen LogP contribution in [0.25, 0.3) is 16.0 Å². The second kappa shape index (κ2) is 6.35. The molecule has 0 atom stereocenters. The molecule has 1 aliphatic carbocycles. The van der Waals surface area contributed by atoms with E-state index in [9.17, 15) is 18.0 Å². The third-order valence-electron chi connectivity index (χ3n) is 4.43. The van der Waals surface area contributed by atoms with Gasteiger partial charge in [0.15, 0.2) is 0 Å². The fourth-order valence-corrected chi connectivity index (χ4v) is 4.65. The topological polar surface area (TPSA) is 47.8 Å². The molecule has 0 unspecified atom stereocenters. The van der Waals surface area contributed by atoms with Gasteiger partial charge in [-0.3, -0.25) is 4.79 Å². The van der Waals surface area contributed by atoms with Crippen LogP contribution in [-0.2, 0) is 19.0 Å². The van der Waals surface area contributed by atoms with E-state index in [4.69, 9.17) is 11.6 Å². The van der Waals surface area contributed by atoms with Gasteiger partial charge in [0.05, 0.1) is 10.4 Å². The number of thiophene rings is 1. The molecule has 3 aromatic rings. The van der Waals surface area contributed by atoms with Crippen molar-refractivity contribution >= 4 is 33.2 Å². The maximum atomic E-state index is 13.6. The summed E-state index contributed by atoms with van der Waals surface area (Å²) in [5.41, 5.74) is 0.119. The molecule has 0 aliphatic heterocycles. The van der Waals surface area contributed by atoms with Crippen LogP contribution in [0.4, 0.5) is 13.2 Å². The second-order valence-corrected chi connectivity index (χ2v) is 7.67. The van der Waals surface area contributed by atoms with Crippen LogP contribution < -0.4 is 5.56 Å². The fourth-order valence-electron chi connectivity index (χ4n) is 3.28. The van der Waals surface area contributed by atoms with Crippen LogP contribution in [0.3, 0.4) is 0 Å². The van der Waals surface area contributed by atoms with E-state index in [1.165, 1.54) is 29.7 Å². The summed E-state index contributed by atoms with van der Waals surface area (Å²) in [6.45, 7) is 0. The number of hydrogen-bond acceptors (Lipinski definition) is 4. The van der Waals surface area contributed by atoms with Crippen molar-refractivity contribution < 1.29 is 13.2 Å². The summed E-state index contributed by atoms with van der Waals surface area (Å²) in [5.74, 6) is -1.41. The highest BCUT2D eigenvalue weighted by Gasteiger charge is 2.39. The minimum atomic E-state index is -4.78. The maximum absolute atomic E-state index is 13.6. The standard InChI is InChI=1S/C17H13ClF3N3OS/c18-9-6-7-12(22-8-9)24-15(25)13-10-4-2-1-3-5-11(10)26-14(13)23-16(24)17(19,20)21/h6-8H,1-5H2. The van der Waals surface area contributed by atoms with E-state index >= 15 is 0 Å². The van der Waals surface area contributed by atoms with Crippen molar-refractivity contribution in [2.45, 2.75) is 38.3 Å². The van der Waals surface area contributed by atoms with E-state index in [1.54, 1.807) is 0 Å². The molecule has 136 valence electrons. The number of aromatic nitrogens is 3. The molecular formula is C17H13ClF3N3OS. The van der Waals surface area contributed by atoms with Crippen LogP contribution in [0, 0.1) is 0 Å². The van der Waals surface area contributed by atoms with Gasteiger partial charge in [0, 0.05) is 11.1 Å². The van der Waals surface area contributed by atoms with E-state index in [0.717, 1.165) is 36.1 Å². The molecule has 3 aromatic heterocycles. The average molecular weight is 400 g/mol. The van der Waals surface area contributed by atoms with Gasteiger partial charge >= 0.3 is 6.18 Å². The largest absolute Gasteiger partial charge is 0.450 e. The number of aryl methyl sites for hydroxylation is 2. The predicted octanol–water partition coefficient (Wildman–Crippen LogP) is 4.78. The Morgan fingerprint density at radius 1 is 1.15 bits per heavy atom. The van der Waals surface area contributed by atoms with Crippen molar-refractivity contribution in [3.8, 4) is 5.82 Å². The van der Waals surface area contributed by atoms with Gasteiger partial charge < -0.3 is 0 Å². The molecule has 4 rings (SSSR count). The number of hydrogen-bond donors (Lipinski definition) is 0. The summed E-state index contributed by atoms with van der Waals surface area (Å²) in [4.78, 5) is 21.9. The Labute approximate surface area is 155 Å². The van der Waals surface area contributed by atoms with Crippen molar-refractivity contribution in [2.24, 2.45) is 0 Å². The Bertz CT molecular complexity index is 1040. The molecule has 3 heterocycles. The van der Waals surface area contributed by atoms with Crippen molar-refractivity contribution in [3.63, 3.8) is 0 Å². The highest BCUT2D eigenvalue weighted by atomic mass is 35.5. The average Bonchev–Trinajstić information content (AvgIpc) is 2.77. The lowest BCUT2D eigenvalue weighted by Gasteiger charge is -2.14. The van der Waals surface area contributed by atoms with Crippen LogP contribution in [0.15, 0.2) is 23.1 Å². The normalized spacial score (nSPS) is 15.1. The first kappa shape index (κ1) is 17.5. The predicted molar refractivity (Wildman–Crippen MR) is 94.3 cm³/mol. The molecule has 0 N–H and O–H groups in total. The first-order valence-corrected chi connectivity index (χ1v) is 9.32. The molecule has 0 amide bonds. The highest BCUT2D eigenvalue weighted by molar-refractivity contribution is 7.18. The smallest absolute Gasteiger partial charge is 0.268 e. The summed E-state index contributed by atoms with van der Waals surface area (Å²) in [6, 6.07) is 2.69. The maximum Gasteiger partial charge on any atom is 0.450 e. The molecule has 9 heteroatoms. The van der Waals surface area contributed by atoms with Gasteiger partial charge in [0.2, 0.25) is 5.82 Å². The molecule has 0 spiro atoms. The lowest BCUT2D eigenvalue weighted by molar-refractivity contribution is -0.146. The summed E-state index contributed by atoms with van der Waals surface area (Å²) < 4.78 is 41.3. The Hall–Kier alpha value is -1.93. The highest BCUT2D eigenvalue weighted by Crippen LogP contribution is 2.36. The third-order valence-corrected chi connectivity index (χ3v) is 5.84. The molecule has 26 heavy (non-hydrogen) atoms. The minimum absolute atomic E-state index is 0.144. The molecule has 0 saturated carbocycles. The van der Waals surface area contributed by atoms with Crippen molar-refractivity contribution in [1.82, 2.24) is 14.5 Å². The van der Waals surface area contributed by atoms with Crippen LogP contribution in [0.1, 0.15) is 35.5 Å². The van der Waals surface area contributed by atoms with E-state index in [2.05, 4.69) is 9.97 Å². The monoisotopic (exact) mass is 399 g/mol. The number of nitrogens with zero attached hydrogens (tertiary/aromatic N) is 3. The summed E-state index contributed by atoms with van der Waals surface area (Å²) in [7, 11) is 0. The van der Waals surface area contributed by atoms with E-state index < -0.39 is 17.6 Å². The first-order chi connectivity index (χ1) is 12.4. The van der Waals surface area contributed by atoms with Crippen molar-refractivity contribution in [1.29, 1.82) is 0 Å². The van der Waals surface area contributed by atoms with Gasteiger partial charge in [0.25, 0.3) is 5.56 Å². The molecule has 0 aromatic carbocycles. The van der Waals surface area contributed by atoms with Crippen molar-refractivity contribution in [3.05, 3.63) is 50.0 Å². The van der Waals surface area contributed by atoms with Crippen LogP contribution in [0.2, 0.25) is 5.02 Å². The summed E-state index contributed by atoms with van der Waals surface area (Å²) in [6.07, 6.45) is 0.821. The second-order valence-electron chi connectivity index (χ2n) is 6.15. The Balaban J connectivity index is 2.07. The van der Waals surface area contributed by atoms with Crippen LogP contribution in [0.5, 0.6) is 0 Å². The van der Waals surface area contributed by atoms with E-state index in [1.807, 2.05) is 0 Å². The zero-order chi connectivity index (χ0) is 18.5. The molecule has 1 aliphatic rings. The number of rotatable bonds is 1. The molecule has 0 bridgehead atoms. The molecule has 0 radical (unpaired) electrons. The quantitative estimate of drug-likeness (QED) is 0.553. The van der Waals surface area contributed by atoms with Gasteiger partial charge in [-0.05, 0) is 43.4 Å². The summed E-state index contributed by atoms with van der Waals surface area (Å²) >= 11 is 6.97. The lowest BCUT2D eigenvalue weighted by Crippen LogP contribution is -2.29. The Morgan fingerprint density at radius 3 is 2.62 bits per heavy atom. The zero-order valence-corrected chi connectivity index (χ0v) is 15.0. The number of alkyl halides is 3. The number of fused-ring (bicyclic) bond motifs is 3. The SMILES string of the molecule is O=c1c2c3c(sc2nc(C(F)(F)F)n1-c1ccc(Cl)cn1)CCCCC3. The molecule has 4 nitrogen and oxygen atoms in total. The van der Waals surface area contributed by atoms with Gasteiger partial charge in [-0.2, -0.15) is 13.2 Å². The number of halogens is 4. The van der Waals surface area contributed by atoms with E-state index in [0.29, 0.717) is 11.0 Å². The molecule has 0 fully saturated rings. The van der Waals surface area contributed by atoms with Gasteiger partial charge in [-0.1, -0.05) is 18.0 Å². The van der Waals surface area contributed by atoms with Crippen molar-refractivity contribution in [2.75, 3.05) is 0 Å².